The second-order valence-electron chi connectivity index (χ2n) is 4.91. The molecule has 0 amide bonds. The average molecular weight is 245 g/mol. The van der Waals surface area contributed by atoms with Crippen molar-refractivity contribution in [3.05, 3.63) is 0 Å². The van der Waals surface area contributed by atoms with Gasteiger partial charge in [0.15, 0.2) is 0 Å². The van der Waals surface area contributed by atoms with Crippen molar-refractivity contribution >= 4 is 17.7 Å². The van der Waals surface area contributed by atoms with Crippen molar-refractivity contribution in [3.8, 4) is 0 Å². The third-order valence-electron chi connectivity index (χ3n) is 3.55. The first-order chi connectivity index (χ1) is 7.58. The predicted octanol–water partition coefficient (Wildman–Crippen LogP) is 2.32. The molecule has 4 heteroatoms. The van der Waals surface area contributed by atoms with Gasteiger partial charge in [-0.15, -0.1) is 0 Å². The minimum Gasteiger partial charge on any atom is -0.481 e. The van der Waals surface area contributed by atoms with Crippen LogP contribution in [0.25, 0.3) is 0 Å². The Morgan fingerprint density at radius 2 is 2.00 bits per heavy atom. The number of thioether (sulfide) groups is 1. The van der Waals surface area contributed by atoms with Crippen LogP contribution in [-0.2, 0) is 4.79 Å². The van der Waals surface area contributed by atoms with Crippen molar-refractivity contribution in [2.75, 3.05) is 31.6 Å². The number of likely N-dealkylation sites (tertiary alicyclic amines) is 1. The molecule has 94 valence electrons. The molecule has 3 nitrogen and oxygen atoms in total. The lowest BCUT2D eigenvalue weighted by Gasteiger charge is -2.36. The summed E-state index contributed by atoms with van der Waals surface area (Å²) >= 11 is 1.90. The molecule has 0 aromatic carbocycles. The highest BCUT2D eigenvalue weighted by molar-refractivity contribution is 7.98. The van der Waals surface area contributed by atoms with Gasteiger partial charge in [0.2, 0.25) is 0 Å². The standard InChI is InChI=1S/C12H23NO2S/c1-12(11(14)15)5-8-13(9-6-12)7-3-4-10-16-2/h3-10H2,1-2H3,(H,14,15). The third kappa shape index (κ3) is 3.98. The van der Waals surface area contributed by atoms with E-state index in [0.717, 1.165) is 32.5 Å². The number of aliphatic carboxylic acids is 1. The Morgan fingerprint density at radius 1 is 1.38 bits per heavy atom. The number of carboxylic acid groups (broad SMARTS) is 1. The van der Waals surface area contributed by atoms with Crippen LogP contribution in [0.2, 0.25) is 0 Å². The van der Waals surface area contributed by atoms with Gasteiger partial charge < -0.3 is 10.0 Å². The Hall–Kier alpha value is -0.220. The molecule has 1 heterocycles. The number of hydrogen-bond donors (Lipinski definition) is 1. The minimum atomic E-state index is -0.630. The summed E-state index contributed by atoms with van der Waals surface area (Å²) in [7, 11) is 0. The molecule has 0 unspecified atom stereocenters. The lowest BCUT2D eigenvalue weighted by atomic mass is 9.80. The summed E-state index contributed by atoms with van der Waals surface area (Å²) in [6.45, 7) is 4.90. The van der Waals surface area contributed by atoms with Gasteiger partial charge in [-0.3, -0.25) is 4.79 Å². The first-order valence-corrected chi connectivity index (χ1v) is 7.42. The highest BCUT2D eigenvalue weighted by Gasteiger charge is 2.36. The van der Waals surface area contributed by atoms with E-state index in [-0.39, 0.29) is 0 Å². The van der Waals surface area contributed by atoms with Crippen molar-refractivity contribution in [1.29, 1.82) is 0 Å². The monoisotopic (exact) mass is 245 g/mol. The van der Waals surface area contributed by atoms with E-state index in [1.165, 1.54) is 18.6 Å². The highest BCUT2D eigenvalue weighted by atomic mass is 32.2. The second-order valence-corrected chi connectivity index (χ2v) is 5.89. The summed E-state index contributed by atoms with van der Waals surface area (Å²) < 4.78 is 0. The SMILES string of the molecule is CSCCCCN1CCC(C)(C(=O)O)CC1. The number of nitrogens with zero attached hydrogens (tertiary/aromatic N) is 1. The maximum absolute atomic E-state index is 11.1. The van der Waals surface area contributed by atoms with Crippen molar-refractivity contribution < 1.29 is 9.90 Å². The molecular formula is C12H23NO2S. The molecule has 1 aliphatic heterocycles. The molecule has 1 rings (SSSR count). The number of rotatable bonds is 6. The molecule has 0 aromatic heterocycles. The van der Waals surface area contributed by atoms with E-state index in [9.17, 15) is 4.79 Å². The molecule has 1 saturated heterocycles. The normalized spacial score (nSPS) is 20.9. The van der Waals surface area contributed by atoms with Gasteiger partial charge in [0.05, 0.1) is 5.41 Å². The van der Waals surface area contributed by atoms with Crippen molar-refractivity contribution in [2.24, 2.45) is 5.41 Å². The fourth-order valence-electron chi connectivity index (χ4n) is 2.07. The van der Waals surface area contributed by atoms with E-state index in [0.29, 0.717) is 0 Å². The van der Waals surface area contributed by atoms with Crippen LogP contribution in [-0.4, -0.2) is 47.6 Å². The van der Waals surface area contributed by atoms with Gasteiger partial charge in [0.1, 0.15) is 0 Å². The van der Waals surface area contributed by atoms with E-state index < -0.39 is 11.4 Å². The van der Waals surface area contributed by atoms with Crippen LogP contribution in [0.5, 0.6) is 0 Å². The fraction of sp³-hybridized carbons (Fsp3) is 0.917. The van der Waals surface area contributed by atoms with Crippen molar-refractivity contribution in [1.82, 2.24) is 4.90 Å². The predicted molar refractivity (Wildman–Crippen MR) is 69.0 cm³/mol. The van der Waals surface area contributed by atoms with Gasteiger partial charge in [-0.05, 0) is 64.2 Å². The van der Waals surface area contributed by atoms with Crippen LogP contribution in [0.4, 0.5) is 0 Å². The molecule has 0 aliphatic carbocycles. The summed E-state index contributed by atoms with van der Waals surface area (Å²) in [6, 6.07) is 0. The van der Waals surface area contributed by atoms with Crippen molar-refractivity contribution in [2.45, 2.75) is 32.6 Å². The summed E-state index contributed by atoms with van der Waals surface area (Å²) in [5, 5.41) is 9.11. The zero-order valence-corrected chi connectivity index (χ0v) is 11.2. The Bertz CT molecular complexity index is 225. The van der Waals surface area contributed by atoms with E-state index in [2.05, 4.69) is 11.2 Å². The molecule has 0 atom stereocenters. The van der Waals surface area contributed by atoms with E-state index in [4.69, 9.17) is 5.11 Å². The smallest absolute Gasteiger partial charge is 0.309 e. The summed E-state index contributed by atoms with van der Waals surface area (Å²) in [6.07, 6.45) is 6.24. The molecule has 16 heavy (non-hydrogen) atoms. The van der Waals surface area contributed by atoms with Crippen LogP contribution >= 0.6 is 11.8 Å². The van der Waals surface area contributed by atoms with Gasteiger partial charge in [-0.1, -0.05) is 0 Å². The second kappa shape index (κ2) is 6.50. The summed E-state index contributed by atoms with van der Waals surface area (Å²) in [5.74, 6) is 0.607. The van der Waals surface area contributed by atoms with Gasteiger partial charge in [0.25, 0.3) is 0 Å². The van der Waals surface area contributed by atoms with Crippen LogP contribution in [0.15, 0.2) is 0 Å². The summed E-state index contributed by atoms with van der Waals surface area (Å²) in [5.41, 5.74) is -0.476. The molecule has 0 aromatic rings. The van der Waals surface area contributed by atoms with Crippen LogP contribution < -0.4 is 0 Å². The van der Waals surface area contributed by atoms with Crippen LogP contribution in [0, 0.1) is 5.41 Å². The lowest BCUT2D eigenvalue weighted by molar-refractivity contribution is -0.150. The summed E-state index contributed by atoms with van der Waals surface area (Å²) in [4.78, 5) is 13.5. The van der Waals surface area contributed by atoms with E-state index in [1.54, 1.807) is 0 Å². The highest BCUT2D eigenvalue weighted by Crippen LogP contribution is 2.30. The molecule has 0 saturated carbocycles. The number of unbranched alkanes of at least 4 members (excludes halogenated alkanes) is 1. The third-order valence-corrected chi connectivity index (χ3v) is 4.25. The maximum atomic E-state index is 11.1. The topological polar surface area (TPSA) is 40.5 Å². The van der Waals surface area contributed by atoms with E-state index in [1.807, 2.05) is 18.7 Å². The number of carboxylic acids is 1. The van der Waals surface area contributed by atoms with Crippen LogP contribution in [0.3, 0.4) is 0 Å². The number of piperidine rings is 1. The first kappa shape index (κ1) is 13.8. The zero-order chi connectivity index (χ0) is 12.0. The van der Waals surface area contributed by atoms with Gasteiger partial charge in [-0.2, -0.15) is 11.8 Å². The average Bonchev–Trinajstić information content (AvgIpc) is 2.27. The van der Waals surface area contributed by atoms with E-state index >= 15 is 0 Å². The van der Waals surface area contributed by atoms with Crippen LogP contribution in [0.1, 0.15) is 32.6 Å². The fourth-order valence-corrected chi connectivity index (χ4v) is 2.56. The molecule has 0 radical (unpaired) electrons. The van der Waals surface area contributed by atoms with Gasteiger partial charge in [-0.25, -0.2) is 0 Å². The largest absolute Gasteiger partial charge is 0.481 e. The first-order valence-electron chi connectivity index (χ1n) is 6.03. The zero-order valence-electron chi connectivity index (χ0n) is 10.4. The molecular weight excluding hydrogens is 222 g/mol. The quantitative estimate of drug-likeness (QED) is 0.729. The lowest BCUT2D eigenvalue weighted by Crippen LogP contribution is -2.42. The van der Waals surface area contributed by atoms with Gasteiger partial charge >= 0.3 is 5.97 Å². The molecule has 1 N–H and O–H groups in total. The molecule has 1 aliphatic rings. The minimum absolute atomic E-state index is 0.476. The maximum Gasteiger partial charge on any atom is 0.309 e. The molecule has 0 spiro atoms. The Morgan fingerprint density at radius 3 is 2.50 bits per heavy atom. The van der Waals surface area contributed by atoms with Gasteiger partial charge in [0, 0.05) is 0 Å². The van der Waals surface area contributed by atoms with Crippen molar-refractivity contribution in [3.63, 3.8) is 0 Å². The Balaban J connectivity index is 2.19. The number of carbonyl (C=O) groups is 1. The Labute approximate surface area is 103 Å². The molecule has 0 bridgehead atoms. The Kier molecular flexibility index (Phi) is 5.62. The number of hydrogen-bond acceptors (Lipinski definition) is 3. The molecule has 1 fully saturated rings.